The fraction of sp³-hybridized carbons (Fsp3) is 0.545. The van der Waals surface area contributed by atoms with E-state index in [-0.39, 0.29) is 6.10 Å². The Bertz CT molecular complexity index is 311. The Hall–Kier alpha value is -1.29. The van der Waals surface area contributed by atoms with Crippen molar-refractivity contribution in [1.82, 2.24) is 10.3 Å². The minimum atomic E-state index is 0.235. The molecule has 82 valence electrons. The van der Waals surface area contributed by atoms with Gasteiger partial charge in [0.1, 0.15) is 11.9 Å². The summed E-state index contributed by atoms with van der Waals surface area (Å²) in [6.07, 6.45) is 4.18. The molecule has 0 spiro atoms. The van der Waals surface area contributed by atoms with Gasteiger partial charge in [-0.2, -0.15) is 0 Å². The van der Waals surface area contributed by atoms with Gasteiger partial charge < -0.3 is 14.8 Å². The zero-order chi connectivity index (χ0) is 10.5. The lowest BCUT2D eigenvalue weighted by atomic mass is 10.1. The van der Waals surface area contributed by atoms with E-state index in [2.05, 4.69) is 10.3 Å². The highest BCUT2D eigenvalue weighted by Gasteiger charge is 2.14. The van der Waals surface area contributed by atoms with E-state index in [4.69, 9.17) is 9.47 Å². The van der Waals surface area contributed by atoms with E-state index in [1.807, 2.05) is 12.1 Å². The molecule has 1 N–H and O–H groups in total. The second-order valence-corrected chi connectivity index (χ2v) is 3.62. The van der Waals surface area contributed by atoms with Gasteiger partial charge in [0, 0.05) is 18.8 Å². The first-order valence-corrected chi connectivity index (χ1v) is 5.26. The summed E-state index contributed by atoms with van der Waals surface area (Å²) in [7, 11) is 1.64. The maximum Gasteiger partial charge on any atom is 0.217 e. The van der Waals surface area contributed by atoms with E-state index in [1.54, 1.807) is 13.3 Å². The zero-order valence-electron chi connectivity index (χ0n) is 8.90. The van der Waals surface area contributed by atoms with E-state index >= 15 is 0 Å². The number of hydrogen-bond acceptors (Lipinski definition) is 4. The lowest BCUT2D eigenvalue weighted by Gasteiger charge is -2.23. The molecule has 1 aliphatic rings. The minimum absolute atomic E-state index is 0.235. The van der Waals surface area contributed by atoms with Crippen LogP contribution in [0.1, 0.15) is 12.8 Å². The number of nitrogens with zero attached hydrogens (tertiary/aromatic N) is 1. The van der Waals surface area contributed by atoms with Gasteiger partial charge >= 0.3 is 0 Å². The number of piperidine rings is 1. The monoisotopic (exact) mass is 208 g/mol. The molecule has 1 aliphatic heterocycles. The van der Waals surface area contributed by atoms with Crippen LogP contribution in [-0.2, 0) is 0 Å². The molecule has 0 amide bonds. The minimum Gasteiger partial charge on any atom is -0.497 e. The molecule has 0 unspecified atom stereocenters. The fourth-order valence-corrected chi connectivity index (χ4v) is 1.67. The topological polar surface area (TPSA) is 43.4 Å². The van der Waals surface area contributed by atoms with Crippen LogP contribution < -0.4 is 14.8 Å². The lowest BCUT2D eigenvalue weighted by molar-refractivity contribution is 0.160. The second kappa shape index (κ2) is 4.98. The van der Waals surface area contributed by atoms with Gasteiger partial charge in [-0.15, -0.1) is 0 Å². The summed E-state index contributed by atoms with van der Waals surface area (Å²) in [4.78, 5) is 4.15. The third kappa shape index (κ3) is 2.83. The maximum absolute atomic E-state index is 5.74. The van der Waals surface area contributed by atoms with Crippen LogP contribution in [0.25, 0.3) is 0 Å². The van der Waals surface area contributed by atoms with Crippen LogP contribution in [0, 0.1) is 0 Å². The molecule has 0 aliphatic carbocycles. The number of methoxy groups -OCH3 is 1. The van der Waals surface area contributed by atoms with Gasteiger partial charge in [0.15, 0.2) is 0 Å². The van der Waals surface area contributed by atoms with Gasteiger partial charge in [-0.1, -0.05) is 0 Å². The number of rotatable bonds is 3. The van der Waals surface area contributed by atoms with Crippen molar-refractivity contribution in [3.05, 3.63) is 18.3 Å². The van der Waals surface area contributed by atoms with Crippen LogP contribution in [0.3, 0.4) is 0 Å². The number of pyridine rings is 1. The molecule has 2 rings (SSSR count). The first-order chi connectivity index (χ1) is 7.38. The lowest BCUT2D eigenvalue weighted by Crippen LogP contribution is -2.37. The molecule has 0 bridgehead atoms. The van der Waals surface area contributed by atoms with E-state index in [9.17, 15) is 0 Å². The van der Waals surface area contributed by atoms with Gasteiger partial charge in [-0.05, 0) is 25.5 Å². The molecule has 1 aromatic rings. The summed E-state index contributed by atoms with van der Waals surface area (Å²) < 4.78 is 10.9. The second-order valence-electron chi connectivity index (χ2n) is 3.62. The van der Waals surface area contributed by atoms with Crippen molar-refractivity contribution in [2.24, 2.45) is 0 Å². The Morgan fingerprint density at radius 3 is 3.20 bits per heavy atom. The van der Waals surface area contributed by atoms with Crippen LogP contribution in [0.15, 0.2) is 18.3 Å². The maximum atomic E-state index is 5.74. The van der Waals surface area contributed by atoms with Gasteiger partial charge in [0.05, 0.1) is 7.11 Å². The Morgan fingerprint density at radius 2 is 2.47 bits per heavy atom. The van der Waals surface area contributed by atoms with Crippen molar-refractivity contribution < 1.29 is 9.47 Å². The molecule has 1 saturated heterocycles. The predicted molar refractivity (Wildman–Crippen MR) is 57.3 cm³/mol. The molecule has 0 aromatic carbocycles. The average Bonchev–Trinajstić information content (AvgIpc) is 2.31. The Labute approximate surface area is 89.6 Å². The molecule has 1 aromatic heterocycles. The summed E-state index contributed by atoms with van der Waals surface area (Å²) in [5.74, 6) is 1.42. The van der Waals surface area contributed by atoms with Crippen molar-refractivity contribution in [2.45, 2.75) is 18.9 Å². The van der Waals surface area contributed by atoms with Crippen LogP contribution >= 0.6 is 0 Å². The van der Waals surface area contributed by atoms with Crippen LogP contribution in [-0.4, -0.2) is 31.3 Å². The Morgan fingerprint density at radius 1 is 1.53 bits per heavy atom. The van der Waals surface area contributed by atoms with Crippen LogP contribution in [0.4, 0.5) is 0 Å². The first-order valence-electron chi connectivity index (χ1n) is 5.26. The summed E-state index contributed by atoms with van der Waals surface area (Å²) in [6, 6.07) is 3.63. The van der Waals surface area contributed by atoms with Gasteiger partial charge in [-0.3, -0.25) is 0 Å². The molecule has 15 heavy (non-hydrogen) atoms. The highest BCUT2D eigenvalue weighted by atomic mass is 16.5. The van der Waals surface area contributed by atoms with Crippen molar-refractivity contribution in [2.75, 3.05) is 20.2 Å². The van der Waals surface area contributed by atoms with Crippen molar-refractivity contribution in [3.63, 3.8) is 0 Å². The first kappa shape index (κ1) is 10.2. The molecule has 0 radical (unpaired) electrons. The highest BCUT2D eigenvalue weighted by Crippen LogP contribution is 2.18. The zero-order valence-corrected chi connectivity index (χ0v) is 8.90. The van der Waals surface area contributed by atoms with Crippen molar-refractivity contribution in [1.29, 1.82) is 0 Å². The molecule has 1 fully saturated rings. The smallest absolute Gasteiger partial charge is 0.217 e. The molecule has 2 heterocycles. The van der Waals surface area contributed by atoms with E-state index in [1.165, 1.54) is 0 Å². The molecule has 4 nitrogen and oxygen atoms in total. The van der Waals surface area contributed by atoms with E-state index < -0.39 is 0 Å². The standard InChI is InChI=1S/C11H16N2O2/c1-14-9-4-6-13-11(7-9)15-10-3-2-5-12-8-10/h4,6-7,10,12H,2-3,5,8H2,1H3/t10-/m0/s1. The van der Waals surface area contributed by atoms with Crippen molar-refractivity contribution >= 4 is 0 Å². The van der Waals surface area contributed by atoms with Gasteiger partial charge in [0.2, 0.25) is 5.88 Å². The van der Waals surface area contributed by atoms with E-state index in [0.29, 0.717) is 5.88 Å². The SMILES string of the molecule is COc1ccnc(O[C@H]2CCCNC2)c1. The van der Waals surface area contributed by atoms with Crippen molar-refractivity contribution in [3.8, 4) is 11.6 Å². The summed E-state index contributed by atoms with van der Waals surface area (Å²) >= 11 is 0. The molecule has 1 atom stereocenters. The fourth-order valence-electron chi connectivity index (χ4n) is 1.67. The number of hydrogen-bond donors (Lipinski definition) is 1. The summed E-state index contributed by atoms with van der Waals surface area (Å²) in [6.45, 7) is 1.99. The molecular weight excluding hydrogens is 192 g/mol. The van der Waals surface area contributed by atoms with Crippen LogP contribution in [0.2, 0.25) is 0 Å². The predicted octanol–water partition coefficient (Wildman–Crippen LogP) is 1.22. The normalized spacial score (nSPS) is 21.0. The summed E-state index contributed by atoms with van der Waals surface area (Å²) in [5.41, 5.74) is 0. The highest BCUT2D eigenvalue weighted by molar-refractivity contribution is 5.26. The summed E-state index contributed by atoms with van der Waals surface area (Å²) in [5, 5.41) is 3.30. The third-order valence-electron chi connectivity index (χ3n) is 2.48. The average molecular weight is 208 g/mol. The third-order valence-corrected chi connectivity index (χ3v) is 2.48. The Balaban J connectivity index is 1.96. The van der Waals surface area contributed by atoms with E-state index in [0.717, 1.165) is 31.7 Å². The largest absolute Gasteiger partial charge is 0.497 e. The molecule has 4 heteroatoms. The van der Waals surface area contributed by atoms with Crippen LogP contribution in [0.5, 0.6) is 11.6 Å². The number of aromatic nitrogens is 1. The van der Waals surface area contributed by atoms with Gasteiger partial charge in [-0.25, -0.2) is 4.98 Å². The Kier molecular flexibility index (Phi) is 3.40. The quantitative estimate of drug-likeness (QED) is 0.811. The van der Waals surface area contributed by atoms with Gasteiger partial charge in [0.25, 0.3) is 0 Å². The molecule has 0 saturated carbocycles. The number of nitrogens with one attached hydrogen (secondary N) is 1. The molecular formula is C11H16N2O2. The number of ether oxygens (including phenoxy) is 2.